The molecule has 5 nitrogen and oxygen atoms in total. The molecule has 0 aliphatic carbocycles. The van der Waals surface area contributed by atoms with Gasteiger partial charge in [0.1, 0.15) is 5.75 Å². The second-order valence-electron chi connectivity index (χ2n) is 7.13. The Bertz CT molecular complexity index is 583. The number of nitrogens with zero attached hydrogens (tertiary/aromatic N) is 1. The SMILES string of the molecule is CCOC(=O)C1CCN(C(=O)Oc2ccccc2C(C)(C)C)CC1. The third kappa shape index (κ3) is 4.49. The molecule has 0 bridgehead atoms. The number of piperidine rings is 1. The van der Waals surface area contributed by atoms with Crippen LogP contribution < -0.4 is 4.74 Å². The highest BCUT2D eigenvalue weighted by molar-refractivity contribution is 5.74. The minimum Gasteiger partial charge on any atom is -0.466 e. The summed E-state index contributed by atoms with van der Waals surface area (Å²) in [5.74, 6) is 0.321. The first kappa shape index (κ1) is 18.3. The molecule has 1 heterocycles. The van der Waals surface area contributed by atoms with Gasteiger partial charge in [-0.05, 0) is 31.2 Å². The Labute approximate surface area is 143 Å². The third-order valence-electron chi connectivity index (χ3n) is 4.27. The Morgan fingerprint density at radius 2 is 1.79 bits per heavy atom. The number of likely N-dealkylation sites (tertiary alicyclic amines) is 1. The first-order chi connectivity index (χ1) is 11.3. The molecule has 24 heavy (non-hydrogen) atoms. The van der Waals surface area contributed by atoms with E-state index in [0.717, 1.165) is 5.56 Å². The van der Waals surface area contributed by atoms with E-state index in [4.69, 9.17) is 9.47 Å². The molecule has 1 aromatic rings. The average molecular weight is 333 g/mol. The molecular weight excluding hydrogens is 306 g/mol. The molecule has 1 aromatic carbocycles. The van der Waals surface area contributed by atoms with Crippen LogP contribution in [0.25, 0.3) is 0 Å². The molecule has 0 atom stereocenters. The van der Waals surface area contributed by atoms with Crippen LogP contribution in [0.1, 0.15) is 46.1 Å². The van der Waals surface area contributed by atoms with Crippen LogP contribution in [0.15, 0.2) is 24.3 Å². The van der Waals surface area contributed by atoms with Crippen LogP contribution in [0.3, 0.4) is 0 Å². The monoisotopic (exact) mass is 333 g/mol. The molecule has 2 rings (SSSR count). The van der Waals surface area contributed by atoms with Crippen molar-refractivity contribution < 1.29 is 19.1 Å². The van der Waals surface area contributed by atoms with Gasteiger partial charge in [0.05, 0.1) is 12.5 Å². The van der Waals surface area contributed by atoms with Crippen LogP contribution in [0.4, 0.5) is 4.79 Å². The van der Waals surface area contributed by atoms with Crippen molar-refractivity contribution in [2.24, 2.45) is 5.92 Å². The van der Waals surface area contributed by atoms with E-state index in [1.54, 1.807) is 11.8 Å². The van der Waals surface area contributed by atoms with Gasteiger partial charge in [-0.15, -0.1) is 0 Å². The van der Waals surface area contributed by atoms with Gasteiger partial charge in [0.25, 0.3) is 0 Å². The van der Waals surface area contributed by atoms with E-state index in [9.17, 15) is 9.59 Å². The Balaban J connectivity index is 1.97. The summed E-state index contributed by atoms with van der Waals surface area (Å²) in [6.45, 7) is 9.49. The quantitative estimate of drug-likeness (QED) is 0.790. The van der Waals surface area contributed by atoms with Gasteiger partial charge in [0.2, 0.25) is 0 Å². The molecule has 0 radical (unpaired) electrons. The number of rotatable bonds is 3. The zero-order valence-corrected chi connectivity index (χ0v) is 15.0. The lowest BCUT2D eigenvalue weighted by Gasteiger charge is -2.30. The van der Waals surface area contributed by atoms with Crippen molar-refractivity contribution in [3.05, 3.63) is 29.8 Å². The zero-order chi connectivity index (χ0) is 17.7. The highest BCUT2D eigenvalue weighted by Gasteiger charge is 2.30. The fourth-order valence-electron chi connectivity index (χ4n) is 2.89. The number of hydrogen-bond acceptors (Lipinski definition) is 4. The molecule has 1 aliphatic rings. The second-order valence-corrected chi connectivity index (χ2v) is 7.13. The lowest BCUT2D eigenvalue weighted by Crippen LogP contribution is -2.42. The first-order valence-electron chi connectivity index (χ1n) is 8.55. The van der Waals surface area contributed by atoms with Gasteiger partial charge in [0.15, 0.2) is 0 Å². The van der Waals surface area contributed by atoms with Crippen molar-refractivity contribution in [3.8, 4) is 5.75 Å². The second kappa shape index (κ2) is 7.69. The Morgan fingerprint density at radius 3 is 2.38 bits per heavy atom. The predicted octanol–water partition coefficient (Wildman–Crippen LogP) is 3.76. The fourth-order valence-corrected chi connectivity index (χ4v) is 2.89. The maximum absolute atomic E-state index is 12.4. The molecule has 0 N–H and O–H groups in total. The normalized spacial score (nSPS) is 15.9. The van der Waals surface area contributed by atoms with Gasteiger partial charge >= 0.3 is 12.1 Å². The van der Waals surface area contributed by atoms with Gasteiger partial charge in [-0.25, -0.2) is 4.79 Å². The number of benzene rings is 1. The maximum atomic E-state index is 12.4. The molecule has 0 unspecified atom stereocenters. The van der Waals surface area contributed by atoms with Crippen molar-refractivity contribution in [1.29, 1.82) is 0 Å². The maximum Gasteiger partial charge on any atom is 0.415 e. The van der Waals surface area contributed by atoms with E-state index in [2.05, 4.69) is 20.8 Å². The highest BCUT2D eigenvalue weighted by Crippen LogP contribution is 2.31. The van der Waals surface area contributed by atoms with Crippen molar-refractivity contribution in [3.63, 3.8) is 0 Å². The third-order valence-corrected chi connectivity index (χ3v) is 4.27. The van der Waals surface area contributed by atoms with Crippen LogP contribution in [0, 0.1) is 5.92 Å². The molecule has 5 heteroatoms. The van der Waals surface area contributed by atoms with Crippen LogP contribution in [-0.2, 0) is 14.9 Å². The number of carbonyl (C=O) groups is 2. The molecule has 0 aromatic heterocycles. The molecule has 1 aliphatic heterocycles. The highest BCUT2D eigenvalue weighted by atomic mass is 16.6. The van der Waals surface area contributed by atoms with E-state index in [-0.39, 0.29) is 23.4 Å². The van der Waals surface area contributed by atoms with Crippen molar-refractivity contribution in [1.82, 2.24) is 4.90 Å². The predicted molar refractivity (Wildman–Crippen MR) is 92.1 cm³/mol. The molecule has 0 spiro atoms. The summed E-state index contributed by atoms with van der Waals surface area (Å²) in [4.78, 5) is 25.9. The van der Waals surface area contributed by atoms with Gasteiger partial charge in [-0.3, -0.25) is 4.79 Å². The number of hydrogen-bond donors (Lipinski definition) is 0. The minimum atomic E-state index is -0.353. The van der Waals surface area contributed by atoms with Crippen LogP contribution in [0.5, 0.6) is 5.75 Å². The number of amides is 1. The summed E-state index contributed by atoms with van der Waals surface area (Å²) in [5, 5.41) is 0. The van der Waals surface area contributed by atoms with Gasteiger partial charge < -0.3 is 14.4 Å². The lowest BCUT2D eigenvalue weighted by molar-refractivity contribution is -0.149. The zero-order valence-electron chi connectivity index (χ0n) is 15.0. The standard InChI is InChI=1S/C19H27NO4/c1-5-23-17(21)14-10-12-20(13-11-14)18(22)24-16-9-7-6-8-15(16)19(2,3)4/h6-9,14H,5,10-13H2,1-4H3. The smallest absolute Gasteiger partial charge is 0.415 e. The number of ether oxygens (including phenoxy) is 2. The largest absolute Gasteiger partial charge is 0.466 e. The van der Waals surface area contributed by atoms with Gasteiger partial charge in [0, 0.05) is 18.7 Å². The van der Waals surface area contributed by atoms with E-state index < -0.39 is 0 Å². The topological polar surface area (TPSA) is 55.8 Å². The average Bonchev–Trinajstić information content (AvgIpc) is 2.54. The molecule has 1 saturated heterocycles. The summed E-state index contributed by atoms with van der Waals surface area (Å²) in [6.07, 6.45) is 0.887. The lowest BCUT2D eigenvalue weighted by atomic mass is 9.86. The summed E-state index contributed by atoms with van der Waals surface area (Å²) in [5.41, 5.74) is 0.896. The summed E-state index contributed by atoms with van der Waals surface area (Å²) in [7, 11) is 0. The van der Waals surface area contributed by atoms with Gasteiger partial charge in [-0.2, -0.15) is 0 Å². The minimum absolute atomic E-state index is 0.103. The van der Waals surface area contributed by atoms with Crippen LogP contribution in [-0.4, -0.2) is 36.7 Å². The number of para-hydroxylation sites is 1. The van der Waals surface area contributed by atoms with E-state index in [0.29, 0.717) is 38.3 Å². The van der Waals surface area contributed by atoms with E-state index in [1.165, 1.54) is 0 Å². The molecular formula is C19H27NO4. The van der Waals surface area contributed by atoms with Gasteiger partial charge in [-0.1, -0.05) is 39.0 Å². The van der Waals surface area contributed by atoms with E-state index >= 15 is 0 Å². The summed E-state index contributed by atoms with van der Waals surface area (Å²) >= 11 is 0. The van der Waals surface area contributed by atoms with Crippen LogP contribution in [0.2, 0.25) is 0 Å². The molecule has 132 valence electrons. The van der Waals surface area contributed by atoms with Crippen molar-refractivity contribution in [2.45, 2.75) is 46.0 Å². The molecule has 1 fully saturated rings. The van der Waals surface area contributed by atoms with Crippen molar-refractivity contribution in [2.75, 3.05) is 19.7 Å². The van der Waals surface area contributed by atoms with Crippen LogP contribution >= 0.6 is 0 Å². The first-order valence-corrected chi connectivity index (χ1v) is 8.55. The molecule has 1 amide bonds. The number of esters is 1. The van der Waals surface area contributed by atoms with Crippen molar-refractivity contribution >= 4 is 12.1 Å². The van der Waals surface area contributed by atoms with E-state index in [1.807, 2.05) is 24.3 Å². The molecule has 0 saturated carbocycles. The number of carbonyl (C=O) groups excluding carboxylic acids is 2. The summed E-state index contributed by atoms with van der Waals surface area (Å²) in [6, 6.07) is 7.62. The fraction of sp³-hybridized carbons (Fsp3) is 0.579. The Hall–Kier alpha value is -2.04. The Morgan fingerprint density at radius 1 is 1.17 bits per heavy atom. The summed E-state index contributed by atoms with van der Waals surface area (Å²) < 4.78 is 10.7. The Kier molecular flexibility index (Phi) is 5.86.